The van der Waals surface area contributed by atoms with Crippen molar-refractivity contribution in [3.05, 3.63) is 0 Å². The van der Waals surface area contributed by atoms with Gasteiger partial charge in [-0.05, 0) is 5.75 Å². The summed E-state index contributed by atoms with van der Waals surface area (Å²) < 4.78 is 24.6. The quantitative estimate of drug-likeness (QED) is 0.496. The van der Waals surface area contributed by atoms with E-state index in [9.17, 15) is 4.57 Å². The van der Waals surface area contributed by atoms with E-state index < -0.39 is 13.8 Å². The Kier molecular flexibility index (Phi) is 1.06. The molecular weight excluding hydrogens is 163 g/mol. The van der Waals surface area contributed by atoms with E-state index in [2.05, 4.69) is 12.6 Å². The van der Waals surface area contributed by atoms with Crippen LogP contribution >= 0.6 is 20.5 Å². The highest BCUT2D eigenvalue weighted by atomic mass is 32.1. The lowest BCUT2D eigenvalue weighted by Gasteiger charge is -2.55. The van der Waals surface area contributed by atoms with Crippen LogP contribution in [0.3, 0.4) is 0 Å². The predicted molar refractivity (Wildman–Crippen MR) is 32.1 cm³/mol. The Balaban J connectivity index is 1.97. The van der Waals surface area contributed by atoms with Gasteiger partial charge in [0.25, 0.3) is 0 Å². The summed E-state index contributed by atoms with van der Waals surface area (Å²) in [6, 6.07) is 0. The van der Waals surface area contributed by atoms with Gasteiger partial charge in [0.2, 0.25) is 0 Å². The Morgan fingerprint density at radius 1 is 1.44 bits per heavy atom. The van der Waals surface area contributed by atoms with Crippen molar-refractivity contribution in [2.75, 3.05) is 5.75 Å². The third-order valence-corrected chi connectivity index (χ3v) is 2.90. The van der Waals surface area contributed by atoms with E-state index >= 15 is 0 Å². The number of hydrogen-bond acceptors (Lipinski definition) is 5. The van der Waals surface area contributed by atoms with E-state index in [1.807, 2.05) is 0 Å². The van der Waals surface area contributed by atoms with Crippen LogP contribution in [0.5, 0.6) is 0 Å². The Morgan fingerprint density at radius 3 is 2.33 bits per heavy atom. The Bertz CT molecular complexity index is 166. The summed E-state index contributed by atoms with van der Waals surface area (Å²) in [6.45, 7) is 0. The molecular formula is C3H5O4PS. The molecule has 3 heterocycles. The Hall–Kier alpha value is 0.460. The average Bonchev–Trinajstić information content (AvgIpc) is 1.60. The molecule has 0 aromatic rings. The van der Waals surface area contributed by atoms with Gasteiger partial charge in [-0.15, -0.1) is 0 Å². The van der Waals surface area contributed by atoms with Gasteiger partial charge in [-0.1, -0.05) is 0 Å². The van der Waals surface area contributed by atoms with Crippen molar-refractivity contribution in [2.45, 2.75) is 12.4 Å². The smallest absolute Gasteiger partial charge is 0.227 e. The second-order valence-electron chi connectivity index (χ2n) is 1.88. The molecule has 0 aromatic carbocycles. The fourth-order valence-corrected chi connectivity index (χ4v) is 2.42. The van der Waals surface area contributed by atoms with Crippen molar-refractivity contribution in [1.29, 1.82) is 0 Å². The third kappa shape index (κ3) is 0.700. The van der Waals surface area contributed by atoms with Gasteiger partial charge in [-0.2, -0.15) is 12.6 Å². The molecule has 3 rings (SSSR count). The zero-order chi connectivity index (χ0) is 6.54. The lowest BCUT2D eigenvalue weighted by molar-refractivity contribution is -0.428. The molecule has 0 saturated carbocycles. The Morgan fingerprint density at radius 2 is 2.00 bits per heavy atom. The minimum Gasteiger partial charge on any atom is -0.227 e. The van der Waals surface area contributed by atoms with Gasteiger partial charge in [-0.3, -0.25) is 0 Å². The lowest BCUT2D eigenvalue weighted by atomic mass is 10.4. The second-order valence-corrected chi connectivity index (χ2v) is 3.77. The van der Waals surface area contributed by atoms with Gasteiger partial charge in [-0.25, -0.2) is 18.1 Å². The van der Waals surface area contributed by atoms with Gasteiger partial charge in [0.1, 0.15) is 0 Å². The first-order chi connectivity index (χ1) is 4.18. The summed E-state index contributed by atoms with van der Waals surface area (Å²) in [4.78, 5) is 0. The van der Waals surface area contributed by atoms with Crippen molar-refractivity contribution in [3.8, 4) is 0 Å². The maximum atomic E-state index is 10.5. The van der Waals surface area contributed by atoms with E-state index in [4.69, 9.17) is 13.6 Å². The highest BCUT2D eigenvalue weighted by Gasteiger charge is 2.74. The molecule has 0 atom stereocenters. The fraction of sp³-hybridized carbons (Fsp3) is 1.00. The minimum absolute atomic E-state index is 0.528. The number of hydrogen-bond donors (Lipinski definition) is 1. The van der Waals surface area contributed by atoms with E-state index in [0.29, 0.717) is 12.2 Å². The van der Waals surface area contributed by atoms with E-state index in [1.54, 1.807) is 0 Å². The first-order valence-corrected chi connectivity index (χ1v) is 4.61. The van der Waals surface area contributed by atoms with Crippen molar-refractivity contribution in [2.24, 2.45) is 0 Å². The summed E-state index contributed by atoms with van der Waals surface area (Å²) in [6.07, 6.45) is 0.528. The van der Waals surface area contributed by atoms with Crippen LogP contribution in [0.1, 0.15) is 6.42 Å². The van der Waals surface area contributed by atoms with Crippen LogP contribution in [0.15, 0.2) is 0 Å². The molecule has 0 unspecified atom stereocenters. The fourth-order valence-electron chi connectivity index (χ4n) is 0.805. The molecule has 9 heavy (non-hydrogen) atoms. The van der Waals surface area contributed by atoms with Crippen LogP contribution < -0.4 is 0 Å². The van der Waals surface area contributed by atoms with Crippen LogP contribution in [0.4, 0.5) is 0 Å². The van der Waals surface area contributed by atoms with Crippen molar-refractivity contribution in [1.82, 2.24) is 0 Å². The van der Waals surface area contributed by atoms with Crippen LogP contribution in [-0.4, -0.2) is 11.7 Å². The molecule has 0 N–H and O–H groups in total. The summed E-state index contributed by atoms with van der Waals surface area (Å²) in [7, 11) is -2.95. The summed E-state index contributed by atoms with van der Waals surface area (Å²) in [5.74, 6) is -0.364. The van der Waals surface area contributed by atoms with Crippen molar-refractivity contribution >= 4 is 20.5 Å². The first kappa shape index (κ1) is 6.19. The summed E-state index contributed by atoms with van der Waals surface area (Å²) >= 11 is 3.92. The average molecular weight is 168 g/mol. The molecule has 3 aliphatic heterocycles. The van der Waals surface area contributed by atoms with E-state index in [0.717, 1.165) is 0 Å². The zero-order valence-corrected chi connectivity index (χ0v) is 6.23. The van der Waals surface area contributed by atoms with Gasteiger partial charge < -0.3 is 0 Å². The highest BCUT2D eigenvalue weighted by molar-refractivity contribution is 7.80. The molecule has 0 amide bonds. The number of rotatable bonds is 2. The monoisotopic (exact) mass is 168 g/mol. The zero-order valence-electron chi connectivity index (χ0n) is 4.44. The largest absolute Gasteiger partial charge is 0.488 e. The van der Waals surface area contributed by atoms with Gasteiger partial charge in [0.05, 0.1) is 0 Å². The molecule has 3 aliphatic rings. The van der Waals surface area contributed by atoms with Gasteiger partial charge in [0, 0.05) is 6.42 Å². The maximum absolute atomic E-state index is 10.5. The van der Waals surface area contributed by atoms with Crippen molar-refractivity contribution < 1.29 is 18.1 Å². The van der Waals surface area contributed by atoms with Gasteiger partial charge in [0.15, 0.2) is 0 Å². The normalized spacial score (nSPS) is 53.9. The number of phosphoric ester groups is 1. The molecule has 52 valence electrons. The van der Waals surface area contributed by atoms with Crippen LogP contribution in [0.2, 0.25) is 0 Å². The molecule has 4 nitrogen and oxygen atoms in total. The molecule has 2 bridgehead atoms. The molecule has 3 saturated heterocycles. The standard InChI is InChI=1S/C3H5O4PS/c4-8-5-3(6-8,7-8)1-2-9/h9H,1-2H2. The summed E-state index contributed by atoms with van der Waals surface area (Å²) in [5, 5.41) is 0. The van der Waals surface area contributed by atoms with Crippen LogP contribution in [-0.2, 0) is 18.1 Å². The van der Waals surface area contributed by atoms with Crippen LogP contribution in [0.25, 0.3) is 0 Å². The molecule has 0 aromatic heterocycles. The SMILES string of the molecule is O=P12OC(CCS)(O1)O2. The topological polar surface area (TPSA) is 44.8 Å². The van der Waals surface area contributed by atoms with Crippen LogP contribution in [0, 0.1) is 0 Å². The second kappa shape index (κ2) is 1.54. The van der Waals surface area contributed by atoms with Gasteiger partial charge >= 0.3 is 13.8 Å². The third-order valence-electron chi connectivity index (χ3n) is 1.17. The lowest BCUT2D eigenvalue weighted by Crippen LogP contribution is -2.57. The highest BCUT2D eigenvalue weighted by Crippen LogP contribution is 2.80. The van der Waals surface area contributed by atoms with Crippen molar-refractivity contribution in [3.63, 3.8) is 0 Å². The number of phosphoric acid groups is 1. The molecule has 0 radical (unpaired) electrons. The molecule has 0 spiro atoms. The predicted octanol–water partition coefficient (Wildman–Crippen LogP) is 1.15. The molecule has 3 fully saturated rings. The van der Waals surface area contributed by atoms with E-state index in [1.165, 1.54) is 0 Å². The molecule has 0 aliphatic carbocycles. The maximum Gasteiger partial charge on any atom is 0.488 e. The minimum atomic E-state index is -2.95. The van der Waals surface area contributed by atoms with E-state index in [-0.39, 0.29) is 0 Å². The Labute approximate surface area is 57.5 Å². The first-order valence-electron chi connectivity index (χ1n) is 2.51. The number of thiol groups is 1. The molecule has 6 heteroatoms. The summed E-state index contributed by atoms with van der Waals surface area (Å²) in [5.41, 5.74) is 0.